The minimum atomic E-state index is -0.527. The number of nitro groups is 1. The first-order valence-electron chi connectivity index (χ1n) is 8.95. The molecule has 0 spiro atoms. The third-order valence-electron chi connectivity index (χ3n) is 4.16. The van der Waals surface area contributed by atoms with E-state index in [0.717, 1.165) is 12.8 Å². The van der Waals surface area contributed by atoms with Crippen LogP contribution in [0.4, 0.5) is 11.4 Å². The lowest BCUT2D eigenvalue weighted by molar-refractivity contribution is -0.384. The number of non-ortho nitro benzene ring substituents is 1. The SMILES string of the molecule is O=C(Nc1ccccc1OCCCc1ccccc1)c1cccc([N+](=O)[O-])c1. The second-order valence-corrected chi connectivity index (χ2v) is 6.20. The molecule has 6 heteroatoms. The first-order valence-corrected chi connectivity index (χ1v) is 8.95. The molecule has 6 nitrogen and oxygen atoms in total. The molecule has 0 aliphatic rings. The van der Waals surface area contributed by atoms with E-state index in [1.54, 1.807) is 18.2 Å². The molecule has 28 heavy (non-hydrogen) atoms. The van der Waals surface area contributed by atoms with Crippen molar-refractivity contribution in [1.29, 1.82) is 0 Å². The standard InChI is InChI=1S/C22H20N2O4/c25-22(18-11-6-12-19(16-18)24(26)27)23-20-13-4-5-14-21(20)28-15-7-10-17-8-2-1-3-9-17/h1-6,8-9,11-14,16H,7,10,15H2,(H,23,25). The van der Waals surface area contributed by atoms with Gasteiger partial charge in [0.15, 0.2) is 0 Å². The molecule has 0 unspecified atom stereocenters. The van der Waals surface area contributed by atoms with Gasteiger partial charge in [-0.1, -0.05) is 48.5 Å². The zero-order chi connectivity index (χ0) is 19.8. The monoisotopic (exact) mass is 376 g/mol. The van der Waals surface area contributed by atoms with Crippen LogP contribution in [-0.4, -0.2) is 17.4 Å². The lowest BCUT2D eigenvalue weighted by atomic mass is 10.1. The second kappa shape index (κ2) is 9.32. The van der Waals surface area contributed by atoms with Crippen LogP contribution in [-0.2, 0) is 6.42 Å². The van der Waals surface area contributed by atoms with E-state index in [-0.39, 0.29) is 11.3 Å². The van der Waals surface area contributed by atoms with Crippen LogP contribution in [0.1, 0.15) is 22.3 Å². The lowest BCUT2D eigenvalue weighted by Gasteiger charge is -2.12. The Kier molecular flexibility index (Phi) is 6.36. The zero-order valence-electron chi connectivity index (χ0n) is 15.2. The van der Waals surface area contributed by atoms with Crippen molar-refractivity contribution in [3.63, 3.8) is 0 Å². The summed E-state index contributed by atoms with van der Waals surface area (Å²) in [4.78, 5) is 22.8. The van der Waals surface area contributed by atoms with Gasteiger partial charge in [0.1, 0.15) is 5.75 Å². The minimum Gasteiger partial charge on any atom is -0.491 e. The number of carbonyl (C=O) groups is 1. The molecule has 1 amide bonds. The number of para-hydroxylation sites is 2. The van der Waals surface area contributed by atoms with Gasteiger partial charge in [-0.05, 0) is 36.6 Å². The third kappa shape index (κ3) is 5.17. The normalized spacial score (nSPS) is 10.3. The molecule has 0 aliphatic carbocycles. The summed E-state index contributed by atoms with van der Waals surface area (Å²) in [6, 6.07) is 22.9. The molecule has 3 aromatic rings. The molecule has 0 saturated carbocycles. The molecular formula is C22H20N2O4. The molecule has 0 aliphatic heterocycles. The number of carbonyl (C=O) groups excluding carboxylic acids is 1. The minimum absolute atomic E-state index is 0.127. The fraction of sp³-hybridized carbons (Fsp3) is 0.136. The van der Waals surface area contributed by atoms with Crippen LogP contribution >= 0.6 is 0 Å². The number of anilines is 1. The highest BCUT2D eigenvalue weighted by Crippen LogP contribution is 2.25. The van der Waals surface area contributed by atoms with Crippen molar-refractivity contribution >= 4 is 17.3 Å². The molecular weight excluding hydrogens is 356 g/mol. The quantitative estimate of drug-likeness (QED) is 0.346. The predicted octanol–water partition coefficient (Wildman–Crippen LogP) is 4.86. The molecule has 142 valence electrons. The number of aryl methyl sites for hydroxylation is 1. The zero-order valence-corrected chi connectivity index (χ0v) is 15.2. The van der Waals surface area contributed by atoms with Gasteiger partial charge in [0.2, 0.25) is 0 Å². The van der Waals surface area contributed by atoms with Crippen LogP contribution in [0.3, 0.4) is 0 Å². The van der Waals surface area contributed by atoms with Gasteiger partial charge in [0.05, 0.1) is 17.2 Å². The Morgan fingerprint density at radius 3 is 2.50 bits per heavy atom. The van der Waals surface area contributed by atoms with Crippen LogP contribution in [0.25, 0.3) is 0 Å². The maximum atomic E-state index is 12.5. The summed E-state index contributed by atoms with van der Waals surface area (Å²) in [5.74, 6) is 0.137. The van der Waals surface area contributed by atoms with Crippen molar-refractivity contribution in [3.8, 4) is 5.75 Å². The topological polar surface area (TPSA) is 81.5 Å². The number of nitro benzene ring substituents is 1. The van der Waals surface area contributed by atoms with Crippen LogP contribution in [0.2, 0.25) is 0 Å². The van der Waals surface area contributed by atoms with Gasteiger partial charge >= 0.3 is 0 Å². The molecule has 0 radical (unpaired) electrons. The Morgan fingerprint density at radius 1 is 0.964 bits per heavy atom. The lowest BCUT2D eigenvalue weighted by Crippen LogP contribution is -2.13. The fourth-order valence-corrected chi connectivity index (χ4v) is 2.75. The smallest absolute Gasteiger partial charge is 0.270 e. The van der Waals surface area contributed by atoms with Gasteiger partial charge in [-0.3, -0.25) is 14.9 Å². The summed E-state index contributed by atoms with van der Waals surface area (Å²) in [7, 11) is 0. The number of nitrogens with zero attached hydrogens (tertiary/aromatic N) is 1. The van der Waals surface area contributed by atoms with E-state index >= 15 is 0 Å². The highest BCUT2D eigenvalue weighted by molar-refractivity contribution is 6.05. The largest absolute Gasteiger partial charge is 0.491 e. The maximum Gasteiger partial charge on any atom is 0.270 e. The van der Waals surface area contributed by atoms with E-state index in [0.29, 0.717) is 18.0 Å². The van der Waals surface area contributed by atoms with Crippen LogP contribution in [0, 0.1) is 10.1 Å². The molecule has 0 fully saturated rings. The van der Waals surface area contributed by atoms with Crippen molar-refractivity contribution in [2.45, 2.75) is 12.8 Å². The predicted molar refractivity (Wildman–Crippen MR) is 108 cm³/mol. The van der Waals surface area contributed by atoms with Crippen LogP contribution in [0.5, 0.6) is 5.75 Å². The number of hydrogen-bond acceptors (Lipinski definition) is 4. The molecule has 0 heterocycles. The Hall–Kier alpha value is -3.67. The van der Waals surface area contributed by atoms with E-state index in [2.05, 4.69) is 17.4 Å². The van der Waals surface area contributed by atoms with E-state index in [1.165, 1.54) is 29.8 Å². The summed E-state index contributed by atoms with van der Waals surface area (Å²) in [6.45, 7) is 0.512. The van der Waals surface area contributed by atoms with E-state index < -0.39 is 10.8 Å². The van der Waals surface area contributed by atoms with E-state index in [4.69, 9.17) is 4.74 Å². The maximum absolute atomic E-state index is 12.5. The van der Waals surface area contributed by atoms with Crippen molar-refractivity contribution in [2.24, 2.45) is 0 Å². The molecule has 0 bridgehead atoms. The van der Waals surface area contributed by atoms with Crippen LogP contribution in [0.15, 0.2) is 78.9 Å². The van der Waals surface area contributed by atoms with Gasteiger partial charge in [-0.25, -0.2) is 0 Å². The number of rotatable bonds is 8. The Bertz CT molecular complexity index is 958. The molecule has 3 rings (SSSR count). The Labute approximate surface area is 162 Å². The highest BCUT2D eigenvalue weighted by atomic mass is 16.6. The third-order valence-corrected chi connectivity index (χ3v) is 4.16. The van der Waals surface area contributed by atoms with Gasteiger partial charge in [-0.15, -0.1) is 0 Å². The highest BCUT2D eigenvalue weighted by Gasteiger charge is 2.13. The van der Waals surface area contributed by atoms with Crippen molar-refractivity contribution < 1.29 is 14.5 Å². The number of hydrogen-bond donors (Lipinski definition) is 1. The van der Waals surface area contributed by atoms with Gasteiger partial charge in [0, 0.05) is 17.7 Å². The summed E-state index contributed by atoms with van der Waals surface area (Å²) in [5.41, 5.74) is 1.86. The molecule has 0 aromatic heterocycles. The number of amides is 1. The molecule has 0 atom stereocenters. The van der Waals surface area contributed by atoms with Crippen molar-refractivity contribution in [3.05, 3.63) is 100 Å². The Balaban J connectivity index is 1.61. The molecule has 3 aromatic carbocycles. The van der Waals surface area contributed by atoms with E-state index in [1.807, 2.05) is 24.3 Å². The molecule has 1 N–H and O–H groups in total. The van der Waals surface area contributed by atoms with E-state index in [9.17, 15) is 14.9 Å². The number of ether oxygens (including phenoxy) is 1. The average molecular weight is 376 g/mol. The second-order valence-electron chi connectivity index (χ2n) is 6.20. The summed E-state index contributed by atoms with van der Waals surface area (Å²) >= 11 is 0. The summed E-state index contributed by atoms with van der Waals surface area (Å²) in [5, 5.41) is 13.7. The summed E-state index contributed by atoms with van der Waals surface area (Å²) in [6.07, 6.45) is 1.75. The van der Waals surface area contributed by atoms with Crippen molar-refractivity contribution in [2.75, 3.05) is 11.9 Å². The van der Waals surface area contributed by atoms with Crippen LogP contribution < -0.4 is 10.1 Å². The van der Waals surface area contributed by atoms with Crippen molar-refractivity contribution in [1.82, 2.24) is 0 Å². The average Bonchev–Trinajstić information content (AvgIpc) is 2.73. The van der Waals surface area contributed by atoms with Gasteiger partial charge in [-0.2, -0.15) is 0 Å². The number of benzene rings is 3. The first kappa shape index (κ1) is 19.1. The van der Waals surface area contributed by atoms with Gasteiger partial charge in [0.25, 0.3) is 11.6 Å². The fourth-order valence-electron chi connectivity index (χ4n) is 2.75. The first-order chi connectivity index (χ1) is 13.6. The number of nitrogens with one attached hydrogen (secondary N) is 1. The molecule has 0 saturated heterocycles. The Morgan fingerprint density at radius 2 is 1.71 bits per heavy atom. The summed E-state index contributed by atoms with van der Waals surface area (Å²) < 4.78 is 5.83. The van der Waals surface area contributed by atoms with Gasteiger partial charge < -0.3 is 10.1 Å².